The Morgan fingerprint density at radius 1 is 1.00 bits per heavy atom. The van der Waals surface area contributed by atoms with Crippen molar-refractivity contribution in [3.05, 3.63) is 57.7 Å². The molecule has 0 aromatic heterocycles. The van der Waals surface area contributed by atoms with Gasteiger partial charge in [0.25, 0.3) is 15.9 Å². The summed E-state index contributed by atoms with van der Waals surface area (Å²) in [6.07, 6.45) is 0. The Hall–Kier alpha value is -1.94. The molecule has 0 fully saturated rings. The van der Waals surface area contributed by atoms with E-state index in [9.17, 15) is 18.0 Å². The highest BCUT2D eigenvalue weighted by Crippen LogP contribution is 2.17. The number of carbonyl (C=O) groups is 2. The second kappa shape index (κ2) is 7.09. The fourth-order valence-corrected chi connectivity index (χ4v) is 3.43. The van der Waals surface area contributed by atoms with Crippen LogP contribution >= 0.6 is 22.6 Å². The van der Waals surface area contributed by atoms with Crippen LogP contribution in [0, 0.1) is 3.57 Å². The Morgan fingerprint density at radius 3 is 2.17 bits per heavy atom. The molecule has 0 saturated carbocycles. The van der Waals surface area contributed by atoms with Crippen LogP contribution in [0.3, 0.4) is 0 Å². The highest BCUT2D eigenvalue weighted by Gasteiger charge is 2.15. The number of rotatable bonds is 4. The van der Waals surface area contributed by atoms with Crippen LogP contribution in [0.1, 0.15) is 17.3 Å². The topological polar surface area (TPSA) is 92.3 Å². The minimum atomic E-state index is -3.88. The number of halogens is 1. The molecule has 0 saturated heterocycles. The van der Waals surface area contributed by atoms with E-state index in [1.54, 1.807) is 12.1 Å². The second-order valence-corrected chi connectivity index (χ2v) is 7.46. The summed E-state index contributed by atoms with van der Waals surface area (Å²) in [7, 11) is -3.88. The minimum Gasteiger partial charge on any atom is -0.322 e. The molecule has 2 N–H and O–H groups in total. The van der Waals surface area contributed by atoms with Gasteiger partial charge in [-0.25, -0.2) is 13.1 Å². The van der Waals surface area contributed by atoms with E-state index < -0.39 is 15.9 Å². The number of benzene rings is 2. The zero-order chi connectivity index (χ0) is 17.0. The van der Waals surface area contributed by atoms with Gasteiger partial charge >= 0.3 is 0 Å². The molecule has 0 radical (unpaired) electrons. The van der Waals surface area contributed by atoms with Gasteiger partial charge in [0.2, 0.25) is 5.91 Å². The molecule has 8 heteroatoms. The molecule has 2 aromatic carbocycles. The lowest BCUT2D eigenvalue weighted by atomic mass is 10.2. The molecule has 0 heterocycles. The van der Waals surface area contributed by atoms with Crippen molar-refractivity contribution in [3.8, 4) is 0 Å². The van der Waals surface area contributed by atoms with E-state index in [0.29, 0.717) is 11.3 Å². The van der Waals surface area contributed by atoms with Crippen molar-refractivity contribution in [3.63, 3.8) is 0 Å². The summed E-state index contributed by atoms with van der Waals surface area (Å²) in [4.78, 5) is 23.0. The maximum Gasteiger partial charge on any atom is 0.264 e. The number of sulfonamides is 1. The third-order valence-electron chi connectivity index (χ3n) is 2.82. The fourth-order valence-electron chi connectivity index (χ4n) is 1.81. The van der Waals surface area contributed by atoms with Crippen LogP contribution in [0.4, 0.5) is 5.69 Å². The van der Waals surface area contributed by atoms with Crippen LogP contribution in [-0.2, 0) is 14.8 Å². The smallest absolute Gasteiger partial charge is 0.264 e. The Morgan fingerprint density at radius 2 is 1.61 bits per heavy atom. The van der Waals surface area contributed by atoms with E-state index >= 15 is 0 Å². The lowest BCUT2D eigenvalue weighted by molar-refractivity contribution is -0.117. The van der Waals surface area contributed by atoms with Crippen LogP contribution in [-0.4, -0.2) is 20.2 Å². The van der Waals surface area contributed by atoms with Crippen LogP contribution in [0.5, 0.6) is 0 Å². The summed E-state index contributed by atoms with van der Waals surface area (Å²) >= 11 is 2.06. The van der Waals surface area contributed by atoms with Crippen LogP contribution in [0.25, 0.3) is 0 Å². The van der Waals surface area contributed by atoms with Gasteiger partial charge in [-0.2, -0.15) is 0 Å². The Kier molecular flexibility index (Phi) is 5.37. The standard InChI is InChI=1S/C15H13IN2O4S/c1-10(19)18-23(21,22)12-8-6-11(7-9-12)17-15(20)13-4-2-3-5-14(13)16/h2-9H,1H3,(H,17,20)(H,18,19). The molecule has 120 valence electrons. The molecule has 0 aliphatic heterocycles. The minimum absolute atomic E-state index is 0.0556. The predicted octanol–water partition coefficient (Wildman–Crippen LogP) is 2.37. The average molecular weight is 444 g/mol. The average Bonchev–Trinajstić information content (AvgIpc) is 2.47. The number of hydrogen-bond donors (Lipinski definition) is 2. The Balaban J connectivity index is 2.16. The molecule has 0 bridgehead atoms. The molecule has 0 spiro atoms. The SMILES string of the molecule is CC(=O)NS(=O)(=O)c1ccc(NC(=O)c2ccccc2I)cc1. The molecule has 2 rings (SSSR count). The molecule has 0 aliphatic carbocycles. The Bertz CT molecular complexity index is 848. The van der Waals surface area contributed by atoms with Gasteiger partial charge in [0.15, 0.2) is 0 Å². The van der Waals surface area contributed by atoms with Crippen LogP contribution in [0.15, 0.2) is 53.4 Å². The van der Waals surface area contributed by atoms with Crippen molar-refractivity contribution in [2.75, 3.05) is 5.32 Å². The van der Waals surface area contributed by atoms with Gasteiger partial charge in [-0.1, -0.05) is 12.1 Å². The fraction of sp³-hybridized carbons (Fsp3) is 0.0667. The molecule has 6 nitrogen and oxygen atoms in total. The molecule has 0 atom stereocenters. The highest BCUT2D eigenvalue weighted by atomic mass is 127. The van der Waals surface area contributed by atoms with Crippen LogP contribution < -0.4 is 10.0 Å². The molecule has 2 aromatic rings. The van der Waals surface area contributed by atoms with E-state index in [2.05, 4.69) is 27.9 Å². The zero-order valence-corrected chi connectivity index (χ0v) is 15.0. The van der Waals surface area contributed by atoms with Crippen molar-refractivity contribution < 1.29 is 18.0 Å². The van der Waals surface area contributed by atoms with Gasteiger partial charge in [0.1, 0.15) is 0 Å². The van der Waals surface area contributed by atoms with Crippen molar-refractivity contribution in [1.29, 1.82) is 0 Å². The Labute approximate surface area is 147 Å². The second-order valence-electron chi connectivity index (χ2n) is 4.62. The lowest BCUT2D eigenvalue weighted by Gasteiger charge is -2.08. The summed E-state index contributed by atoms with van der Waals surface area (Å²) in [5.41, 5.74) is 0.986. The van der Waals surface area contributed by atoms with Gasteiger partial charge in [0.05, 0.1) is 10.5 Å². The summed E-state index contributed by atoms with van der Waals surface area (Å²) in [6, 6.07) is 12.7. The zero-order valence-electron chi connectivity index (χ0n) is 12.0. The first-order chi connectivity index (χ1) is 10.8. The van der Waals surface area contributed by atoms with Crippen molar-refractivity contribution in [1.82, 2.24) is 4.72 Å². The van der Waals surface area contributed by atoms with Gasteiger partial charge < -0.3 is 5.32 Å². The van der Waals surface area contributed by atoms with Gasteiger partial charge in [0, 0.05) is 16.2 Å². The first kappa shape index (κ1) is 17.4. The van der Waals surface area contributed by atoms with E-state index in [1.165, 1.54) is 24.3 Å². The first-order valence-corrected chi connectivity index (χ1v) is 9.05. The number of hydrogen-bond acceptors (Lipinski definition) is 4. The normalized spacial score (nSPS) is 10.9. The molecule has 0 aliphatic rings. The molecule has 23 heavy (non-hydrogen) atoms. The quantitative estimate of drug-likeness (QED) is 0.709. The van der Waals surface area contributed by atoms with Crippen LogP contribution in [0.2, 0.25) is 0 Å². The summed E-state index contributed by atoms with van der Waals surface area (Å²) in [5.74, 6) is -0.950. The number of anilines is 1. The lowest BCUT2D eigenvalue weighted by Crippen LogP contribution is -2.28. The van der Waals surface area contributed by atoms with Crippen molar-refractivity contribution in [2.45, 2.75) is 11.8 Å². The van der Waals surface area contributed by atoms with Gasteiger partial charge in [-0.15, -0.1) is 0 Å². The predicted molar refractivity (Wildman–Crippen MR) is 94.6 cm³/mol. The molecule has 2 amide bonds. The van der Waals surface area contributed by atoms with Crippen molar-refractivity contribution >= 4 is 50.1 Å². The van der Waals surface area contributed by atoms with Gasteiger partial charge in [-0.3, -0.25) is 9.59 Å². The summed E-state index contributed by atoms with van der Waals surface area (Å²) < 4.78 is 26.3. The third-order valence-corrected chi connectivity index (χ3v) is 5.21. The van der Waals surface area contributed by atoms with Gasteiger partial charge in [-0.05, 0) is 59.0 Å². The summed E-state index contributed by atoms with van der Waals surface area (Å²) in [5, 5.41) is 2.69. The maximum atomic E-state index is 12.2. The van der Waals surface area contributed by atoms with E-state index in [4.69, 9.17) is 0 Å². The maximum absolute atomic E-state index is 12.2. The molecular formula is C15H13IN2O4S. The largest absolute Gasteiger partial charge is 0.322 e. The number of amides is 2. The number of nitrogens with one attached hydrogen (secondary N) is 2. The van der Waals surface area contributed by atoms with E-state index in [-0.39, 0.29) is 10.8 Å². The first-order valence-electron chi connectivity index (χ1n) is 6.49. The highest BCUT2D eigenvalue weighted by molar-refractivity contribution is 14.1. The molecule has 0 unspecified atom stereocenters. The monoisotopic (exact) mass is 444 g/mol. The van der Waals surface area contributed by atoms with E-state index in [1.807, 2.05) is 16.9 Å². The summed E-state index contributed by atoms with van der Waals surface area (Å²) in [6.45, 7) is 1.12. The molecular weight excluding hydrogens is 431 g/mol. The number of carbonyl (C=O) groups excluding carboxylic acids is 2. The third kappa shape index (κ3) is 4.52. The van der Waals surface area contributed by atoms with Crippen molar-refractivity contribution in [2.24, 2.45) is 0 Å². The van der Waals surface area contributed by atoms with E-state index in [0.717, 1.165) is 10.5 Å².